The Bertz CT molecular complexity index is 838. The van der Waals surface area contributed by atoms with Gasteiger partial charge in [-0.15, -0.1) is 0 Å². The molecule has 1 N–H and O–H groups in total. The van der Waals surface area contributed by atoms with Crippen LogP contribution in [0.1, 0.15) is 0 Å². The highest BCUT2D eigenvalue weighted by molar-refractivity contribution is 9.10. The molecule has 19 heavy (non-hydrogen) atoms. The third-order valence-electron chi connectivity index (χ3n) is 2.79. The monoisotopic (exact) mass is 340 g/mol. The molecule has 0 saturated heterocycles. The first-order chi connectivity index (χ1) is 9.06. The molecular weight excluding hydrogens is 334 g/mol. The SMILES string of the molecule is Fc1ccc(F)c(-n2c(=S)[nH]c3ccc(Br)cc32)c1. The van der Waals surface area contributed by atoms with Crippen LogP contribution >= 0.6 is 28.1 Å². The van der Waals surface area contributed by atoms with E-state index in [0.717, 1.165) is 28.2 Å². The van der Waals surface area contributed by atoms with Crippen LogP contribution in [0.2, 0.25) is 0 Å². The maximum absolute atomic E-state index is 13.9. The molecule has 0 saturated carbocycles. The molecule has 1 heterocycles. The van der Waals surface area contributed by atoms with Gasteiger partial charge in [0.2, 0.25) is 0 Å². The number of benzene rings is 2. The van der Waals surface area contributed by atoms with Crippen molar-refractivity contribution in [3.05, 3.63) is 57.3 Å². The highest BCUT2D eigenvalue weighted by Gasteiger charge is 2.12. The van der Waals surface area contributed by atoms with Crippen LogP contribution < -0.4 is 0 Å². The van der Waals surface area contributed by atoms with Crippen molar-refractivity contribution in [3.63, 3.8) is 0 Å². The molecular formula is C13H7BrF2N2S. The second kappa shape index (κ2) is 4.54. The van der Waals surface area contributed by atoms with Gasteiger partial charge in [0.05, 0.1) is 16.7 Å². The van der Waals surface area contributed by atoms with E-state index in [1.165, 1.54) is 4.57 Å². The number of hydrogen-bond acceptors (Lipinski definition) is 1. The van der Waals surface area contributed by atoms with Crippen LogP contribution in [0.5, 0.6) is 0 Å². The Kier molecular flexibility index (Phi) is 2.99. The standard InChI is InChI=1S/C13H7BrF2N2S/c14-7-1-4-10-12(5-7)18(13(19)17-10)11-6-8(15)2-3-9(11)16/h1-6H,(H,17,19). The van der Waals surface area contributed by atoms with Crippen LogP contribution in [0.4, 0.5) is 8.78 Å². The molecule has 0 bridgehead atoms. The number of halogens is 3. The Morgan fingerprint density at radius 1 is 1.11 bits per heavy atom. The third-order valence-corrected chi connectivity index (χ3v) is 3.57. The quantitative estimate of drug-likeness (QED) is 0.635. The summed E-state index contributed by atoms with van der Waals surface area (Å²) >= 11 is 8.54. The van der Waals surface area contributed by atoms with E-state index in [1.807, 2.05) is 12.1 Å². The summed E-state index contributed by atoms with van der Waals surface area (Å²) in [4.78, 5) is 2.97. The molecule has 0 atom stereocenters. The first-order valence-electron chi connectivity index (χ1n) is 5.42. The summed E-state index contributed by atoms with van der Waals surface area (Å²) < 4.78 is 29.8. The van der Waals surface area contributed by atoms with Gasteiger partial charge in [0.1, 0.15) is 11.6 Å². The number of nitrogens with one attached hydrogen (secondary N) is 1. The summed E-state index contributed by atoms with van der Waals surface area (Å²) in [6.45, 7) is 0. The van der Waals surface area contributed by atoms with E-state index in [9.17, 15) is 8.78 Å². The first kappa shape index (κ1) is 12.5. The molecule has 0 amide bonds. The van der Waals surface area contributed by atoms with E-state index in [0.29, 0.717) is 10.3 Å². The van der Waals surface area contributed by atoms with E-state index in [2.05, 4.69) is 20.9 Å². The number of H-pyrrole nitrogens is 1. The summed E-state index contributed by atoms with van der Waals surface area (Å²) in [6, 6.07) is 8.75. The van der Waals surface area contributed by atoms with Gasteiger partial charge in [0, 0.05) is 10.5 Å². The molecule has 6 heteroatoms. The van der Waals surface area contributed by atoms with Crippen molar-refractivity contribution in [1.82, 2.24) is 9.55 Å². The van der Waals surface area contributed by atoms with Gasteiger partial charge in [-0.25, -0.2) is 8.78 Å². The van der Waals surface area contributed by atoms with Crippen LogP contribution in [-0.4, -0.2) is 9.55 Å². The van der Waals surface area contributed by atoms with Gasteiger partial charge in [0.25, 0.3) is 0 Å². The molecule has 3 aromatic rings. The molecule has 0 aliphatic rings. The van der Waals surface area contributed by atoms with Gasteiger partial charge < -0.3 is 4.98 Å². The fraction of sp³-hybridized carbons (Fsp3) is 0. The summed E-state index contributed by atoms with van der Waals surface area (Å²) in [5.74, 6) is -1.04. The molecule has 3 rings (SSSR count). The maximum atomic E-state index is 13.9. The minimum atomic E-state index is -0.529. The number of fused-ring (bicyclic) bond motifs is 1. The topological polar surface area (TPSA) is 20.7 Å². The molecule has 0 spiro atoms. The zero-order valence-corrected chi connectivity index (χ0v) is 11.9. The van der Waals surface area contributed by atoms with E-state index in [4.69, 9.17) is 12.2 Å². The van der Waals surface area contributed by atoms with E-state index < -0.39 is 11.6 Å². The molecule has 1 aromatic heterocycles. The molecule has 0 aliphatic heterocycles. The van der Waals surface area contributed by atoms with Crippen LogP contribution in [0.3, 0.4) is 0 Å². The number of nitrogens with zero attached hydrogens (tertiary/aromatic N) is 1. The van der Waals surface area contributed by atoms with Crippen molar-refractivity contribution in [3.8, 4) is 5.69 Å². The lowest BCUT2D eigenvalue weighted by Gasteiger charge is -2.06. The normalized spacial score (nSPS) is 11.1. The minimum Gasteiger partial charge on any atom is -0.330 e. The van der Waals surface area contributed by atoms with Gasteiger partial charge in [-0.3, -0.25) is 4.57 Å². The molecule has 2 nitrogen and oxygen atoms in total. The van der Waals surface area contributed by atoms with Gasteiger partial charge in [-0.05, 0) is 42.5 Å². The fourth-order valence-corrected chi connectivity index (χ4v) is 2.63. The number of rotatable bonds is 1. The molecule has 0 radical (unpaired) electrons. The lowest BCUT2D eigenvalue weighted by atomic mass is 10.2. The smallest absolute Gasteiger partial charge is 0.182 e. The lowest BCUT2D eigenvalue weighted by Crippen LogP contribution is -1.98. The Hall–Kier alpha value is -1.53. The predicted molar refractivity (Wildman–Crippen MR) is 76.1 cm³/mol. The minimum absolute atomic E-state index is 0.0920. The summed E-state index contributed by atoms with van der Waals surface area (Å²) in [5.41, 5.74) is 1.54. The largest absolute Gasteiger partial charge is 0.330 e. The van der Waals surface area contributed by atoms with Crippen molar-refractivity contribution >= 4 is 39.2 Å². The molecule has 0 aliphatic carbocycles. The zero-order chi connectivity index (χ0) is 13.6. The van der Waals surface area contributed by atoms with Crippen LogP contribution in [0.15, 0.2) is 40.9 Å². The number of aromatic amines is 1. The number of aromatic nitrogens is 2. The number of imidazole rings is 1. The molecule has 2 aromatic carbocycles. The number of hydrogen-bond donors (Lipinski definition) is 1. The Morgan fingerprint density at radius 3 is 2.68 bits per heavy atom. The van der Waals surface area contributed by atoms with Crippen molar-refractivity contribution in [2.45, 2.75) is 0 Å². The van der Waals surface area contributed by atoms with E-state index in [1.54, 1.807) is 6.07 Å². The van der Waals surface area contributed by atoms with E-state index in [-0.39, 0.29) is 5.69 Å². The zero-order valence-electron chi connectivity index (χ0n) is 9.45. The second-order valence-electron chi connectivity index (χ2n) is 4.02. The third kappa shape index (κ3) is 2.11. The Labute approximate surface area is 120 Å². The van der Waals surface area contributed by atoms with Gasteiger partial charge in [-0.1, -0.05) is 15.9 Å². The summed E-state index contributed by atoms with van der Waals surface area (Å²) in [7, 11) is 0. The highest BCUT2D eigenvalue weighted by atomic mass is 79.9. The highest BCUT2D eigenvalue weighted by Crippen LogP contribution is 2.25. The molecule has 96 valence electrons. The van der Waals surface area contributed by atoms with E-state index >= 15 is 0 Å². The van der Waals surface area contributed by atoms with Crippen LogP contribution in [-0.2, 0) is 0 Å². The van der Waals surface area contributed by atoms with Gasteiger partial charge in [0.15, 0.2) is 4.77 Å². The predicted octanol–water partition coefficient (Wildman–Crippen LogP) is 4.73. The van der Waals surface area contributed by atoms with Crippen molar-refractivity contribution in [2.24, 2.45) is 0 Å². The van der Waals surface area contributed by atoms with Crippen molar-refractivity contribution in [2.75, 3.05) is 0 Å². The van der Waals surface area contributed by atoms with Gasteiger partial charge >= 0.3 is 0 Å². The fourth-order valence-electron chi connectivity index (χ4n) is 1.97. The lowest BCUT2D eigenvalue weighted by molar-refractivity contribution is 0.593. The van der Waals surface area contributed by atoms with Gasteiger partial charge in [-0.2, -0.15) is 0 Å². The first-order valence-corrected chi connectivity index (χ1v) is 6.62. The van der Waals surface area contributed by atoms with Crippen LogP contribution in [0, 0.1) is 16.4 Å². The Balaban J connectivity index is 2.42. The summed E-state index contributed by atoms with van der Waals surface area (Å²) in [6.07, 6.45) is 0. The van der Waals surface area contributed by atoms with Crippen molar-refractivity contribution < 1.29 is 8.78 Å². The van der Waals surface area contributed by atoms with Crippen molar-refractivity contribution in [1.29, 1.82) is 0 Å². The average Bonchev–Trinajstić information content (AvgIpc) is 2.68. The van der Waals surface area contributed by atoms with Crippen LogP contribution in [0.25, 0.3) is 16.7 Å². The molecule has 0 unspecified atom stereocenters. The summed E-state index contributed by atoms with van der Waals surface area (Å²) in [5, 5.41) is 0. The Morgan fingerprint density at radius 2 is 1.89 bits per heavy atom. The molecule has 0 fully saturated rings. The average molecular weight is 341 g/mol. The second-order valence-corrected chi connectivity index (χ2v) is 5.33. The maximum Gasteiger partial charge on any atom is 0.182 e.